The molecule has 1 aliphatic rings. The topological polar surface area (TPSA) is 53.2 Å². The zero-order valence-electron chi connectivity index (χ0n) is 14.6. The molecule has 6 heteroatoms. The number of aromatic nitrogens is 1. The molecule has 3 aromatic rings. The Kier molecular flexibility index (Phi) is 4.32. The van der Waals surface area contributed by atoms with Crippen LogP contribution in [0.25, 0.3) is 10.9 Å². The van der Waals surface area contributed by atoms with Gasteiger partial charge in [-0.1, -0.05) is 12.1 Å². The Bertz CT molecular complexity index is 1050. The minimum absolute atomic E-state index is 0.259. The molecule has 1 N–H and O–H groups in total. The third kappa shape index (κ3) is 3.04. The summed E-state index contributed by atoms with van der Waals surface area (Å²) in [7, 11) is -3.45. The zero-order chi connectivity index (χ0) is 18.3. The number of nitrogens with zero attached hydrogens (tertiary/aromatic N) is 1. The highest BCUT2D eigenvalue weighted by Crippen LogP contribution is 2.34. The van der Waals surface area contributed by atoms with E-state index in [2.05, 4.69) is 4.98 Å². The number of fused-ring (bicyclic) bond motifs is 1. The van der Waals surface area contributed by atoms with Gasteiger partial charge in [-0.3, -0.25) is 0 Å². The van der Waals surface area contributed by atoms with Crippen molar-refractivity contribution in [1.29, 1.82) is 0 Å². The summed E-state index contributed by atoms with van der Waals surface area (Å²) in [6.07, 6.45) is 3.45. The second-order valence-corrected chi connectivity index (χ2v) is 8.87. The summed E-state index contributed by atoms with van der Waals surface area (Å²) in [5, 5.41) is 1.02. The van der Waals surface area contributed by atoms with E-state index in [0.717, 1.165) is 34.9 Å². The minimum atomic E-state index is -3.45. The molecule has 0 spiro atoms. The van der Waals surface area contributed by atoms with Gasteiger partial charge < -0.3 is 4.98 Å². The molecule has 4 nitrogen and oxygen atoms in total. The molecule has 0 saturated carbocycles. The molecule has 4 rings (SSSR count). The highest BCUT2D eigenvalue weighted by atomic mass is 32.2. The van der Waals surface area contributed by atoms with Crippen molar-refractivity contribution in [1.82, 2.24) is 9.29 Å². The van der Waals surface area contributed by atoms with Crippen LogP contribution in [0.3, 0.4) is 0 Å². The first-order valence-electron chi connectivity index (χ1n) is 8.78. The molecule has 1 saturated heterocycles. The van der Waals surface area contributed by atoms with Crippen LogP contribution >= 0.6 is 0 Å². The van der Waals surface area contributed by atoms with E-state index in [1.165, 1.54) is 12.1 Å². The summed E-state index contributed by atoms with van der Waals surface area (Å²) < 4.78 is 40.7. The summed E-state index contributed by atoms with van der Waals surface area (Å²) >= 11 is 0. The van der Waals surface area contributed by atoms with E-state index in [9.17, 15) is 12.8 Å². The van der Waals surface area contributed by atoms with Crippen LogP contribution in [0.2, 0.25) is 0 Å². The van der Waals surface area contributed by atoms with E-state index >= 15 is 0 Å². The standard InChI is InChI=1S/C20H21FN2O2S/c1-14-3-2-4-17(11-14)26(24,25)23-9-7-15(8-10-23)19-13-22-20-12-16(21)5-6-18(19)20/h2-6,11-13,15,22H,7-10H2,1H3. The fraction of sp³-hybridized carbons (Fsp3) is 0.300. The lowest BCUT2D eigenvalue weighted by Crippen LogP contribution is -2.37. The number of hydrogen-bond donors (Lipinski definition) is 1. The van der Waals surface area contributed by atoms with Gasteiger partial charge >= 0.3 is 0 Å². The molecule has 2 heterocycles. The summed E-state index contributed by atoms with van der Waals surface area (Å²) in [5.41, 5.74) is 2.87. The number of sulfonamides is 1. The maximum Gasteiger partial charge on any atom is 0.243 e. The van der Waals surface area contributed by atoms with Crippen molar-refractivity contribution in [3.05, 3.63) is 65.6 Å². The SMILES string of the molecule is Cc1cccc(S(=O)(=O)N2CCC(c3c[nH]c4cc(F)ccc34)CC2)c1. The Morgan fingerprint density at radius 1 is 1.12 bits per heavy atom. The third-order valence-corrected chi connectivity index (χ3v) is 7.09. The molecule has 136 valence electrons. The molecular weight excluding hydrogens is 351 g/mol. The van der Waals surface area contributed by atoms with E-state index in [0.29, 0.717) is 18.0 Å². The van der Waals surface area contributed by atoms with E-state index in [4.69, 9.17) is 0 Å². The van der Waals surface area contributed by atoms with Crippen molar-refractivity contribution in [2.24, 2.45) is 0 Å². The van der Waals surface area contributed by atoms with Crippen LogP contribution in [0.4, 0.5) is 4.39 Å². The quantitative estimate of drug-likeness (QED) is 0.750. The predicted octanol–water partition coefficient (Wildman–Crippen LogP) is 4.18. The second-order valence-electron chi connectivity index (χ2n) is 6.93. The first-order chi connectivity index (χ1) is 12.4. The first-order valence-corrected chi connectivity index (χ1v) is 10.2. The van der Waals surface area contributed by atoms with Crippen LogP contribution < -0.4 is 0 Å². The highest BCUT2D eigenvalue weighted by Gasteiger charge is 2.30. The largest absolute Gasteiger partial charge is 0.361 e. The van der Waals surface area contributed by atoms with Crippen molar-refractivity contribution < 1.29 is 12.8 Å². The van der Waals surface area contributed by atoms with Gasteiger partial charge in [-0.05, 0) is 67.1 Å². The van der Waals surface area contributed by atoms with Gasteiger partial charge in [-0.25, -0.2) is 12.8 Å². The molecule has 1 aliphatic heterocycles. The van der Waals surface area contributed by atoms with Crippen LogP contribution in [-0.2, 0) is 10.0 Å². The Hall–Kier alpha value is -2.18. The van der Waals surface area contributed by atoms with E-state index in [1.54, 1.807) is 28.6 Å². The van der Waals surface area contributed by atoms with E-state index in [-0.39, 0.29) is 11.7 Å². The number of aryl methyl sites for hydroxylation is 1. The first kappa shape index (κ1) is 17.2. The van der Waals surface area contributed by atoms with Crippen molar-refractivity contribution in [3.8, 4) is 0 Å². The Morgan fingerprint density at radius 2 is 1.88 bits per heavy atom. The summed E-state index contributed by atoms with van der Waals surface area (Å²) in [5.74, 6) is 0.0168. The van der Waals surface area contributed by atoms with Crippen molar-refractivity contribution in [2.75, 3.05) is 13.1 Å². The third-order valence-electron chi connectivity index (χ3n) is 5.20. The zero-order valence-corrected chi connectivity index (χ0v) is 15.4. The van der Waals surface area contributed by atoms with Gasteiger partial charge in [0.15, 0.2) is 0 Å². The predicted molar refractivity (Wildman–Crippen MR) is 100 cm³/mol. The number of hydrogen-bond acceptors (Lipinski definition) is 2. The van der Waals surface area contributed by atoms with Crippen molar-refractivity contribution in [3.63, 3.8) is 0 Å². The molecular formula is C20H21FN2O2S. The molecule has 0 aliphatic carbocycles. The number of benzene rings is 2. The van der Waals surface area contributed by atoms with Gasteiger partial charge in [0.2, 0.25) is 10.0 Å². The van der Waals surface area contributed by atoms with Gasteiger partial charge in [0.1, 0.15) is 5.82 Å². The van der Waals surface area contributed by atoms with Crippen molar-refractivity contribution in [2.45, 2.75) is 30.6 Å². The molecule has 1 fully saturated rings. The number of H-pyrrole nitrogens is 1. The van der Waals surface area contributed by atoms with Gasteiger partial charge in [-0.15, -0.1) is 0 Å². The second kappa shape index (κ2) is 6.52. The lowest BCUT2D eigenvalue weighted by atomic mass is 9.90. The molecule has 2 aromatic carbocycles. The smallest absolute Gasteiger partial charge is 0.243 e. The molecule has 0 bridgehead atoms. The number of aromatic amines is 1. The lowest BCUT2D eigenvalue weighted by Gasteiger charge is -2.31. The van der Waals surface area contributed by atoms with Crippen LogP contribution in [0.1, 0.15) is 29.9 Å². The van der Waals surface area contributed by atoms with Crippen LogP contribution in [0.5, 0.6) is 0 Å². The summed E-state index contributed by atoms with van der Waals surface area (Å²) in [6.45, 7) is 2.88. The maximum atomic E-state index is 13.4. The monoisotopic (exact) mass is 372 g/mol. The normalized spacial score (nSPS) is 17.0. The Morgan fingerprint density at radius 3 is 2.62 bits per heavy atom. The van der Waals surface area contributed by atoms with Gasteiger partial charge in [0, 0.05) is 30.2 Å². The summed E-state index contributed by atoms with van der Waals surface area (Å²) in [6, 6.07) is 11.8. The number of nitrogens with one attached hydrogen (secondary N) is 1. The number of piperidine rings is 1. The molecule has 0 atom stereocenters. The molecule has 0 amide bonds. The van der Waals surface area contributed by atoms with E-state index < -0.39 is 10.0 Å². The molecule has 1 aromatic heterocycles. The lowest BCUT2D eigenvalue weighted by molar-refractivity contribution is 0.320. The molecule has 26 heavy (non-hydrogen) atoms. The summed E-state index contributed by atoms with van der Waals surface area (Å²) in [4.78, 5) is 3.49. The molecule has 0 unspecified atom stereocenters. The van der Waals surface area contributed by atoms with E-state index in [1.807, 2.05) is 19.2 Å². The minimum Gasteiger partial charge on any atom is -0.361 e. The van der Waals surface area contributed by atoms with Gasteiger partial charge in [0.05, 0.1) is 4.90 Å². The van der Waals surface area contributed by atoms with Crippen molar-refractivity contribution >= 4 is 20.9 Å². The van der Waals surface area contributed by atoms with Gasteiger partial charge in [0.25, 0.3) is 0 Å². The van der Waals surface area contributed by atoms with Crippen LogP contribution in [0, 0.1) is 12.7 Å². The maximum absolute atomic E-state index is 13.4. The fourth-order valence-electron chi connectivity index (χ4n) is 3.79. The Labute approximate surface area is 152 Å². The average Bonchev–Trinajstić information content (AvgIpc) is 3.05. The average molecular weight is 372 g/mol. The number of halogens is 1. The highest BCUT2D eigenvalue weighted by molar-refractivity contribution is 7.89. The Balaban J connectivity index is 1.53. The fourth-order valence-corrected chi connectivity index (χ4v) is 5.37. The number of rotatable bonds is 3. The molecule has 0 radical (unpaired) electrons. The van der Waals surface area contributed by atoms with Crippen LogP contribution in [-0.4, -0.2) is 30.8 Å². The van der Waals surface area contributed by atoms with Gasteiger partial charge in [-0.2, -0.15) is 4.31 Å². The van der Waals surface area contributed by atoms with Crippen LogP contribution in [0.15, 0.2) is 53.6 Å².